The first kappa shape index (κ1) is 20.8. The zero-order chi connectivity index (χ0) is 20.8. The highest BCUT2D eigenvalue weighted by molar-refractivity contribution is 5.92. The smallest absolute Gasteiger partial charge is 0.345 e. The molecule has 0 aliphatic heterocycles. The van der Waals surface area contributed by atoms with E-state index in [-0.39, 0.29) is 0 Å². The number of carbonyl (C=O) groups excluding carboxylic acids is 2. The SMILES string of the molecule is COc1cc(-c2ccc(NC(=O)N(C)O)c(OC)c2)ccc1NC(=O)N(C)O. The minimum atomic E-state index is -0.707. The number of methoxy groups -OCH3 is 2. The van der Waals surface area contributed by atoms with Gasteiger partial charge >= 0.3 is 12.1 Å². The molecule has 0 unspecified atom stereocenters. The molecular formula is C18H22N4O6. The molecule has 0 aliphatic carbocycles. The summed E-state index contributed by atoms with van der Waals surface area (Å²) in [5.74, 6) is 0.789. The van der Waals surface area contributed by atoms with Crippen LogP contribution in [-0.4, -0.2) is 60.9 Å². The van der Waals surface area contributed by atoms with Crippen molar-refractivity contribution in [1.82, 2.24) is 10.1 Å². The highest BCUT2D eigenvalue weighted by Gasteiger charge is 2.14. The molecule has 2 rings (SSSR count). The lowest BCUT2D eigenvalue weighted by Gasteiger charge is -2.16. The zero-order valence-electron chi connectivity index (χ0n) is 15.9. The molecule has 0 bridgehead atoms. The Labute approximate surface area is 161 Å². The number of nitrogens with zero attached hydrogens (tertiary/aromatic N) is 2. The third-order valence-electron chi connectivity index (χ3n) is 3.81. The van der Waals surface area contributed by atoms with Crippen LogP contribution in [0.3, 0.4) is 0 Å². The number of hydrogen-bond acceptors (Lipinski definition) is 6. The van der Waals surface area contributed by atoms with Crippen molar-refractivity contribution in [2.45, 2.75) is 0 Å². The lowest BCUT2D eigenvalue weighted by atomic mass is 10.0. The van der Waals surface area contributed by atoms with Gasteiger partial charge in [-0.05, 0) is 35.4 Å². The van der Waals surface area contributed by atoms with Crippen molar-refractivity contribution in [3.63, 3.8) is 0 Å². The molecule has 0 saturated carbocycles. The van der Waals surface area contributed by atoms with Crippen molar-refractivity contribution in [3.8, 4) is 22.6 Å². The van der Waals surface area contributed by atoms with Gasteiger partial charge in [-0.1, -0.05) is 12.1 Å². The Hall–Kier alpha value is -3.50. The van der Waals surface area contributed by atoms with Gasteiger partial charge in [0, 0.05) is 14.1 Å². The molecule has 10 heteroatoms. The number of benzene rings is 2. The first-order chi connectivity index (χ1) is 13.3. The van der Waals surface area contributed by atoms with E-state index in [1.54, 1.807) is 36.4 Å². The van der Waals surface area contributed by atoms with Crippen LogP contribution in [0.5, 0.6) is 11.5 Å². The first-order valence-corrected chi connectivity index (χ1v) is 8.10. The fraction of sp³-hybridized carbons (Fsp3) is 0.222. The molecular weight excluding hydrogens is 368 g/mol. The van der Waals surface area contributed by atoms with Crippen molar-refractivity contribution in [2.75, 3.05) is 38.9 Å². The molecule has 0 atom stereocenters. The summed E-state index contributed by atoms with van der Waals surface area (Å²) in [7, 11) is 5.33. The first-order valence-electron chi connectivity index (χ1n) is 8.10. The summed E-state index contributed by atoms with van der Waals surface area (Å²) in [4.78, 5) is 23.3. The van der Waals surface area contributed by atoms with Crippen LogP contribution in [-0.2, 0) is 0 Å². The third-order valence-corrected chi connectivity index (χ3v) is 3.81. The number of ether oxygens (including phenoxy) is 2. The maximum atomic E-state index is 11.6. The molecule has 2 aromatic carbocycles. The van der Waals surface area contributed by atoms with Gasteiger partial charge in [0.05, 0.1) is 25.6 Å². The maximum Gasteiger partial charge on any atom is 0.345 e. The lowest BCUT2D eigenvalue weighted by molar-refractivity contribution is -0.0118. The lowest BCUT2D eigenvalue weighted by Crippen LogP contribution is -2.28. The van der Waals surface area contributed by atoms with Crippen molar-refractivity contribution in [2.24, 2.45) is 0 Å². The molecule has 150 valence electrons. The standard InChI is InChI=1S/C18H22N4O6/c1-21(25)17(23)19-13-7-5-11(9-15(13)27-3)12-6-8-14(16(10-12)28-4)20-18(24)22(2)26/h5-10,25-26H,1-4H3,(H,19,23)(H,20,24). The summed E-state index contributed by atoms with van der Waals surface area (Å²) in [5, 5.41) is 24.2. The summed E-state index contributed by atoms with van der Waals surface area (Å²) < 4.78 is 10.6. The zero-order valence-corrected chi connectivity index (χ0v) is 15.9. The topological polar surface area (TPSA) is 124 Å². The molecule has 4 amide bonds. The number of hydroxylamine groups is 4. The van der Waals surface area contributed by atoms with Crippen LogP contribution in [0, 0.1) is 0 Å². The van der Waals surface area contributed by atoms with Gasteiger partial charge in [-0.3, -0.25) is 10.4 Å². The Bertz CT molecular complexity index is 798. The van der Waals surface area contributed by atoms with Crippen molar-refractivity contribution in [3.05, 3.63) is 36.4 Å². The van der Waals surface area contributed by atoms with Crippen molar-refractivity contribution in [1.29, 1.82) is 0 Å². The van der Waals surface area contributed by atoms with E-state index in [1.807, 2.05) is 0 Å². The quantitative estimate of drug-likeness (QED) is 0.459. The number of rotatable bonds is 5. The summed E-state index contributed by atoms with van der Waals surface area (Å²) in [6, 6.07) is 8.79. The largest absolute Gasteiger partial charge is 0.495 e. The Morgan fingerprint density at radius 1 is 0.786 bits per heavy atom. The summed E-state index contributed by atoms with van der Waals surface area (Å²) in [5.41, 5.74) is 2.31. The van der Waals surface area contributed by atoms with Crippen molar-refractivity contribution >= 4 is 23.4 Å². The molecule has 2 aromatic rings. The van der Waals surface area contributed by atoms with Gasteiger partial charge in [-0.2, -0.15) is 0 Å². The number of anilines is 2. The van der Waals surface area contributed by atoms with E-state index >= 15 is 0 Å². The monoisotopic (exact) mass is 390 g/mol. The minimum absolute atomic E-state index is 0.388. The molecule has 0 heterocycles. The molecule has 0 aliphatic rings. The number of amides is 4. The second-order valence-corrected chi connectivity index (χ2v) is 5.74. The van der Waals surface area contributed by atoms with Gasteiger partial charge in [-0.25, -0.2) is 19.7 Å². The summed E-state index contributed by atoms with van der Waals surface area (Å²) in [6.07, 6.45) is 0. The van der Waals surface area contributed by atoms with Gasteiger partial charge in [-0.15, -0.1) is 0 Å². The fourth-order valence-corrected chi connectivity index (χ4v) is 2.34. The van der Waals surface area contributed by atoms with Crippen LogP contribution >= 0.6 is 0 Å². The Kier molecular flexibility index (Phi) is 6.64. The van der Waals surface area contributed by atoms with Crippen LogP contribution in [0.1, 0.15) is 0 Å². The molecule has 0 aromatic heterocycles. The van der Waals surface area contributed by atoms with Gasteiger partial charge in [0.25, 0.3) is 0 Å². The summed E-state index contributed by atoms with van der Waals surface area (Å²) in [6.45, 7) is 0. The maximum absolute atomic E-state index is 11.6. The molecule has 0 radical (unpaired) electrons. The van der Waals surface area contributed by atoms with E-state index in [2.05, 4.69) is 10.6 Å². The molecule has 28 heavy (non-hydrogen) atoms. The Balaban J connectivity index is 2.34. The number of urea groups is 2. The van der Waals surface area contributed by atoms with Crippen LogP contribution in [0.4, 0.5) is 21.0 Å². The van der Waals surface area contributed by atoms with Gasteiger partial charge in [0.2, 0.25) is 0 Å². The van der Waals surface area contributed by atoms with Gasteiger partial charge in [0.1, 0.15) is 11.5 Å². The third kappa shape index (κ3) is 4.81. The van der Waals surface area contributed by atoms with Crippen LogP contribution in [0.25, 0.3) is 11.1 Å². The van der Waals surface area contributed by atoms with Gasteiger partial charge in [0.15, 0.2) is 0 Å². The molecule has 10 nitrogen and oxygen atoms in total. The summed E-state index contributed by atoms with van der Waals surface area (Å²) >= 11 is 0. The average molecular weight is 390 g/mol. The molecule has 0 fully saturated rings. The fourth-order valence-electron chi connectivity index (χ4n) is 2.34. The van der Waals surface area contributed by atoms with Gasteiger partial charge < -0.3 is 20.1 Å². The van der Waals surface area contributed by atoms with Crippen LogP contribution in [0.15, 0.2) is 36.4 Å². The van der Waals surface area contributed by atoms with E-state index in [0.717, 1.165) is 11.1 Å². The predicted octanol–water partition coefficient (Wildman–Crippen LogP) is 3.08. The number of nitrogens with one attached hydrogen (secondary N) is 2. The highest BCUT2D eigenvalue weighted by Crippen LogP contribution is 2.35. The van der Waals surface area contributed by atoms with Crippen LogP contribution < -0.4 is 20.1 Å². The van der Waals surface area contributed by atoms with E-state index in [1.165, 1.54) is 28.3 Å². The predicted molar refractivity (Wildman–Crippen MR) is 102 cm³/mol. The van der Waals surface area contributed by atoms with E-state index in [4.69, 9.17) is 9.47 Å². The number of hydrogen-bond donors (Lipinski definition) is 4. The van der Waals surface area contributed by atoms with Crippen LogP contribution in [0.2, 0.25) is 0 Å². The minimum Gasteiger partial charge on any atom is -0.495 e. The van der Waals surface area contributed by atoms with E-state index in [9.17, 15) is 20.0 Å². The average Bonchev–Trinajstić information content (AvgIpc) is 2.68. The molecule has 4 N–H and O–H groups in total. The Morgan fingerprint density at radius 3 is 1.43 bits per heavy atom. The van der Waals surface area contributed by atoms with E-state index in [0.29, 0.717) is 33.0 Å². The number of carbonyl (C=O) groups is 2. The molecule has 0 saturated heterocycles. The van der Waals surface area contributed by atoms with Crippen molar-refractivity contribution < 1.29 is 29.5 Å². The molecule has 0 spiro atoms. The second-order valence-electron chi connectivity index (χ2n) is 5.74. The normalized spacial score (nSPS) is 10.1. The second kappa shape index (κ2) is 8.93. The Morgan fingerprint density at radius 2 is 1.14 bits per heavy atom. The highest BCUT2D eigenvalue weighted by atomic mass is 16.5. The van der Waals surface area contributed by atoms with E-state index < -0.39 is 12.1 Å².